The van der Waals surface area contributed by atoms with Gasteiger partial charge in [0.1, 0.15) is 5.82 Å². The van der Waals surface area contributed by atoms with E-state index >= 15 is 0 Å². The van der Waals surface area contributed by atoms with Crippen LogP contribution >= 0.6 is 11.3 Å². The molecule has 1 unspecified atom stereocenters. The van der Waals surface area contributed by atoms with Gasteiger partial charge in [-0.25, -0.2) is 9.97 Å². The predicted molar refractivity (Wildman–Crippen MR) is 92.1 cm³/mol. The Morgan fingerprint density at radius 3 is 2.82 bits per heavy atom. The molecule has 0 aromatic carbocycles. The van der Waals surface area contributed by atoms with Gasteiger partial charge in [-0.15, -0.1) is 11.3 Å². The molecular weight excluding hydrogens is 296 g/mol. The number of rotatable bonds is 4. The van der Waals surface area contributed by atoms with Crippen LogP contribution in [0.4, 0.5) is 16.9 Å². The molecule has 22 heavy (non-hydrogen) atoms. The second kappa shape index (κ2) is 6.48. The topological polar surface area (TPSA) is 48.4 Å². The molecule has 1 atom stereocenters. The van der Waals surface area contributed by atoms with Crippen molar-refractivity contribution in [2.75, 3.05) is 48.9 Å². The lowest BCUT2D eigenvalue weighted by atomic mass is 10.1. The SMILES string of the molecule is CN(C)c1ccnc(N(C)C2CCCN(c3nccs3)C2)n1. The first-order valence-corrected chi connectivity index (χ1v) is 8.41. The minimum absolute atomic E-state index is 0.412. The predicted octanol–water partition coefficient (Wildman–Crippen LogP) is 2.10. The maximum Gasteiger partial charge on any atom is 0.227 e. The monoisotopic (exact) mass is 318 g/mol. The number of thiazole rings is 1. The molecule has 1 aliphatic heterocycles. The molecule has 3 rings (SSSR count). The van der Waals surface area contributed by atoms with Gasteiger partial charge < -0.3 is 14.7 Å². The molecule has 1 saturated heterocycles. The fourth-order valence-corrected chi connectivity index (χ4v) is 3.42. The number of hydrogen-bond acceptors (Lipinski definition) is 7. The summed E-state index contributed by atoms with van der Waals surface area (Å²) in [6.07, 6.45) is 6.03. The third-order valence-corrected chi connectivity index (χ3v) is 4.87. The van der Waals surface area contributed by atoms with Crippen LogP contribution in [-0.4, -0.2) is 55.2 Å². The summed E-state index contributed by atoms with van der Waals surface area (Å²) in [6, 6.07) is 2.34. The number of nitrogens with zero attached hydrogens (tertiary/aromatic N) is 6. The molecule has 0 amide bonds. The Balaban J connectivity index is 1.74. The summed E-state index contributed by atoms with van der Waals surface area (Å²) >= 11 is 1.70. The summed E-state index contributed by atoms with van der Waals surface area (Å²) < 4.78 is 0. The summed E-state index contributed by atoms with van der Waals surface area (Å²) in [5.41, 5.74) is 0. The summed E-state index contributed by atoms with van der Waals surface area (Å²) in [4.78, 5) is 20.1. The van der Waals surface area contributed by atoms with Gasteiger partial charge in [0.15, 0.2) is 5.13 Å². The summed E-state index contributed by atoms with van der Waals surface area (Å²) in [5.74, 6) is 1.72. The molecule has 3 heterocycles. The third kappa shape index (κ3) is 3.14. The minimum Gasteiger partial charge on any atom is -0.363 e. The molecule has 118 valence electrons. The van der Waals surface area contributed by atoms with Crippen LogP contribution < -0.4 is 14.7 Å². The van der Waals surface area contributed by atoms with E-state index in [1.54, 1.807) is 11.3 Å². The van der Waals surface area contributed by atoms with Gasteiger partial charge in [0, 0.05) is 58.0 Å². The molecule has 6 nitrogen and oxygen atoms in total. The van der Waals surface area contributed by atoms with Crippen molar-refractivity contribution in [2.45, 2.75) is 18.9 Å². The number of hydrogen-bond donors (Lipinski definition) is 0. The highest BCUT2D eigenvalue weighted by Crippen LogP contribution is 2.25. The van der Waals surface area contributed by atoms with Crippen LogP contribution in [-0.2, 0) is 0 Å². The zero-order chi connectivity index (χ0) is 15.5. The first-order chi connectivity index (χ1) is 10.6. The van der Waals surface area contributed by atoms with Crippen molar-refractivity contribution < 1.29 is 0 Å². The highest BCUT2D eigenvalue weighted by Gasteiger charge is 2.26. The maximum absolute atomic E-state index is 4.64. The van der Waals surface area contributed by atoms with E-state index in [-0.39, 0.29) is 0 Å². The van der Waals surface area contributed by atoms with E-state index in [0.717, 1.165) is 36.4 Å². The molecule has 0 N–H and O–H groups in total. The molecule has 0 saturated carbocycles. The Labute approximate surface area is 135 Å². The smallest absolute Gasteiger partial charge is 0.227 e. The Hall–Kier alpha value is -1.89. The van der Waals surface area contributed by atoms with E-state index in [2.05, 4.69) is 31.8 Å². The minimum atomic E-state index is 0.412. The number of anilines is 3. The molecule has 1 fully saturated rings. The van der Waals surface area contributed by atoms with E-state index in [0.29, 0.717) is 6.04 Å². The van der Waals surface area contributed by atoms with Crippen molar-refractivity contribution in [3.05, 3.63) is 23.8 Å². The van der Waals surface area contributed by atoms with Gasteiger partial charge in [0.25, 0.3) is 0 Å². The molecule has 0 radical (unpaired) electrons. The van der Waals surface area contributed by atoms with Crippen LogP contribution in [0, 0.1) is 0 Å². The Bertz CT molecular complexity index is 600. The molecule has 7 heteroatoms. The maximum atomic E-state index is 4.64. The van der Waals surface area contributed by atoms with Crippen molar-refractivity contribution in [3.8, 4) is 0 Å². The van der Waals surface area contributed by atoms with Crippen molar-refractivity contribution in [1.29, 1.82) is 0 Å². The quantitative estimate of drug-likeness (QED) is 0.860. The number of piperidine rings is 1. The van der Waals surface area contributed by atoms with Crippen LogP contribution in [0.25, 0.3) is 0 Å². The van der Waals surface area contributed by atoms with Crippen molar-refractivity contribution in [1.82, 2.24) is 15.0 Å². The van der Waals surface area contributed by atoms with Gasteiger partial charge in [0.2, 0.25) is 5.95 Å². The van der Waals surface area contributed by atoms with Crippen molar-refractivity contribution >= 4 is 28.2 Å². The van der Waals surface area contributed by atoms with E-state index in [9.17, 15) is 0 Å². The first-order valence-electron chi connectivity index (χ1n) is 7.53. The second-order valence-corrected chi connectivity index (χ2v) is 6.65. The summed E-state index contributed by atoms with van der Waals surface area (Å²) in [7, 11) is 6.08. The van der Waals surface area contributed by atoms with Crippen LogP contribution in [0.5, 0.6) is 0 Å². The molecule has 1 aliphatic rings. The lowest BCUT2D eigenvalue weighted by molar-refractivity contribution is 0.483. The largest absolute Gasteiger partial charge is 0.363 e. The van der Waals surface area contributed by atoms with Crippen LogP contribution in [0.1, 0.15) is 12.8 Å². The van der Waals surface area contributed by atoms with Crippen LogP contribution in [0.3, 0.4) is 0 Å². The average molecular weight is 318 g/mol. The number of aromatic nitrogens is 3. The second-order valence-electron chi connectivity index (χ2n) is 5.78. The third-order valence-electron chi connectivity index (χ3n) is 4.04. The highest BCUT2D eigenvalue weighted by atomic mass is 32.1. The molecular formula is C15H22N6S. The van der Waals surface area contributed by atoms with Gasteiger partial charge in [-0.05, 0) is 18.9 Å². The standard InChI is InChI=1S/C15H22N6S/c1-19(2)13-6-7-16-14(18-13)20(3)12-5-4-9-21(11-12)15-17-8-10-22-15/h6-8,10,12H,4-5,9,11H2,1-3H3. The van der Waals surface area contributed by atoms with Crippen LogP contribution in [0.2, 0.25) is 0 Å². The lowest BCUT2D eigenvalue weighted by Gasteiger charge is -2.37. The molecule has 0 spiro atoms. The van der Waals surface area contributed by atoms with Gasteiger partial charge in [-0.1, -0.05) is 0 Å². The van der Waals surface area contributed by atoms with E-state index in [1.807, 2.05) is 42.8 Å². The van der Waals surface area contributed by atoms with E-state index in [4.69, 9.17) is 0 Å². The Morgan fingerprint density at radius 1 is 1.23 bits per heavy atom. The molecule has 0 aliphatic carbocycles. The molecule has 2 aromatic rings. The van der Waals surface area contributed by atoms with Gasteiger partial charge in [-0.3, -0.25) is 0 Å². The summed E-state index contributed by atoms with van der Waals surface area (Å²) in [5, 5.41) is 3.15. The normalized spacial score (nSPS) is 18.3. The average Bonchev–Trinajstić information content (AvgIpc) is 3.09. The van der Waals surface area contributed by atoms with Crippen molar-refractivity contribution in [2.24, 2.45) is 0 Å². The highest BCUT2D eigenvalue weighted by molar-refractivity contribution is 7.13. The fourth-order valence-electron chi connectivity index (χ4n) is 2.74. The number of likely N-dealkylation sites (N-methyl/N-ethyl adjacent to an activating group) is 1. The zero-order valence-electron chi connectivity index (χ0n) is 13.3. The van der Waals surface area contributed by atoms with Crippen molar-refractivity contribution in [3.63, 3.8) is 0 Å². The molecule has 2 aromatic heterocycles. The van der Waals surface area contributed by atoms with Crippen LogP contribution in [0.15, 0.2) is 23.8 Å². The Kier molecular flexibility index (Phi) is 4.42. The van der Waals surface area contributed by atoms with E-state index < -0.39 is 0 Å². The van der Waals surface area contributed by atoms with Gasteiger partial charge in [0.05, 0.1) is 0 Å². The van der Waals surface area contributed by atoms with Gasteiger partial charge in [-0.2, -0.15) is 4.98 Å². The fraction of sp³-hybridized carbons (Fsp3) is 0.533. The van der Waals surface area contributed by atoms with Gasteiger partial charge >= 0.3 is 0 Å². The first kappa shape index (κ1) is 15.0. The van der Waals surface area contributed by atoms with E-state index in [1.165, 1.54) is 6.42 Å². The Morgan fingerprint density at radius 2 is 2.09 bits per heavy atom. The zero-order valence-corrected chi connectivity index (χ0v) is 14.1. The molecule has 0 bridgehead atoms. The lowest BCUT2D eigenvalue weighted by Crippen LogP contribution is -2.47. The summed E-state index contributed by atoms with van der Waals surface area (Å²) in [6.45, 7) is 2.05.